The molecule has 2 rings (SSSR count). The van der Waals surface area contributed by atoms with Crippen molar-refractivity contribution >= 4 is 0 Å². The number of nitriles is 1. The topological polar surface area (TPSA) is 71.9 Å². The standard InChI is InChI=1S/C11H15N3O2/c1-15-11(6-4-7-11)10-13-9(16-14-10)5-2-3-8-12/h2-7H2,1H3. The smallest absolute Gasteiger partial charge is 0.226 e. The van der Waals surface area contributed by atoms with Crippen molar-refractivity contribution in [2.24, 2.45) is 0 Å². The lowest BCUT2D eigenvalue weighted by Gasteiger charge is -2.37. The van der Waals surface area contributed by atoms with Gasteiger partial charge in [0.1, 0.15) is 5.60 Å². The van der Waals surface area contributed by atoms with E-state index in [1.165, 1.54) is 0 Å². The lowest BCUT2D eigenvalue weighted by molar-refractivity contribution is -0.0858. The fourth-order valence-corrected chi connectivity index (χ4v) is 1.88. The van der Waals surface area contributed by atoms with Gasteiger partial charge in [0, 0.05) is 20.0 Å². The molecule has 1 aliphatic carbocycles. The first-order valence-electron chi connectivity index (χ1n) is 5.56. The van der Waals surface area contributed by atoms with Crippen LogP contribution >= 0.6 is 0 Å². The molecule has 5 nitrogen and oxygen atoms in total. The first-order valence-corrected chi connectivity index (χ1v) is 5.56. The maximum atomic E-state index is 8.43. The van der Waals surface area contributed by atoms with Gasteiger partial charge in [0.2, 0.25) is 11.7 Å². The van der Waals surface area contributed by atoms with E-state index in [4.69, 9.17) is 14.5 Å². The van der Waals surface area contributed by atoms with Crippen LogP contribution < -0.4 is 0 Å². The molecule has 1 fully saturated rings. The summed E-state index contributed by atoms with van der Waals surface area (Å²) in [4.78, 5) is 4.33. The molecular formula is C11H15N3O2. The van der Waals surface area contributed by atoms with Crippen molar-refractivity contribution in [3.8, 4) is 6.07 Å². The molecule has 86 valence electrons. The number of aromatic nitrogens is 2. The minimum Gasteiger partial charge on any atom is -0.370 e. The summed E-state index contributed by atoms with van der Waals surface area (Å²) < 4.78 is 10.6. The average molecular weight is 221 g/mol. The summed E-state index contributed by atoms with van der Waals surface area (Å²) in [7, 11) is 1.69. The molecule has 0 atom stereocenters. The molecular weight excluding hydrogens is 206 g/mol. The maximum absolute atomic E-state index is 8.43. The molecule has 0 aromatic carbocycles. The predicted molar refractivity (Wildman–Crippen MR) is 55.4 cm³/mol. The Hall–Kier alpha value is -1.41. The second kappa shape index (κ2) is 4.62. The Balaban J connectivity index is 1.99. The zero-order valence-electron chi connectivity index (χ0n) is 9.40. The van der Waals surface area contributed by atoms with E-state index in [0.29, 0.717) is 24.6 Å². The minimum absolute atomic E-state index is 0.309. The third-order valence-electron chi connectivity index (χ3n) is 3.11. The van der Waals surface area contributed by atoms with Crippen molar-refractivity contribution in [1.82, 2.24) is 10.1 Å². The highest BCUT2D eigenvalue weighted by molar-refractivity contribution is 5.06. The molecule has 0 unspecified atom stereocenters. The third kappa shape index (κ3) is 1.93. The van der Waals surface area contributed by atoms with E-state index in [1.54, 1.807) is 7.11 Å². The Morgan fingerprint density at radius 2 is 2.38 bits per heavy atom. The van der Waals surface area contributed by atoms with Crippen molar-refractivity contribution in [3.63, 3.8) is 0 Å². The number of ether oxygens (including phenoxy) is 1. The van der Waals surface area contributed by atoms with Gasteiger partial charge in [-0.1, -0.05) is 5.16 Å². The molecule has 0 N–H and O–H groups in total. The van der Waals surface area contributed by atoms with Gasteiger partial charge in [-0.05, 0) is 25.7 Å². The molecule has 1 aliphatic rings. The molecule has 0 amide bonds. The van der Waals surface area contributed by atoms with Crippen LogP contribution in [0.4, 0.5) is 0 Å². The summed E-state index contributed by atoms with van der Waals surface area (Å²) in [5.74, 6) is 1.27. The molecule has 0 radical (unpaired) electrons. The van der Waals surface area contributed by atoms with Crippen LogP contribution in [0.1, 0.15) is 43.8 Å². The van der Waals surface area contributed by atoms with E-state index in [9.17, 15) is 0 Å². The second-order valence-corrected chi connectivity index (χ2v) is 4.08. The van der Waals surface area contributed by atoms with Gasteiger partial charge < -0.3 is 9.26 Å². The number of hydrogen-bond donors (Lipinski definition) is 0. The van der Waals surface area contributed by atoms with Crippen molar-refractivity contribution in [2.75, 3.05) is 7.11 Å². The highest BCUT2D eigenvalue weighted by Gasteiger charge is 2.43. The van der Waals surface area contributed by atoms with Crippen LogP contribution in [0, 0.1) is 11.3 Å². The maximum Gasteiger partial charge on any atom is 0.226 e. The number of hydrogen-bond acceptors (Lipinski definition) is 5. The number of unbranched alkanes of at least 4 members (excludes halogenated alkanes) is 1. The molecule has 1 aromatic rings. The number of methoxy groups -OCH3 is 1. The second-order valence-electron chi connectivity index (χ2n) is 4.08. The van der Waals surface area contributed by atoms with Gasteiger partial charge in [-0.15, -0.1) is 0 Å². The fraction of sp³-hybridized carbons (Fsp3) is 0.727. The normalized spacial score (nSPS) is 17.8. The van der Waals surface area contributed by atoms with E-state index in [-0.39, 0.29) is 5.60 Å². The van der Waals surface area contributed by atoms with E-state index in [2.05, 4.69) is 16.2 Å². The van der Waals surface area contributed by atoms with E-state index in [1.807, 2.05) is 0 Å². The first kappa shape index (κ1) is 11.1. The van der Waals surface area contributed by atoms with Gasteiger partial charge in [0.05, 0.1) is 6.07 Å². The van der Waals surface area contributed by atoms with Crippen molar-refractivity contribution in [1.29, 1.82) is 5.26 Å². The quantitative estimate of drug-likeness (QED) is 0.710. The Kier molecular flexibility index (Phi) is 3.20. The van der Waals surface area contributed by atoms with Crippen LogP contribution in [-0.4, -0.2) is 17.3 Å². The summed E-state index contributed by atoms with van der Waals surface area (Å²) in [6.45, 7) is 0. The largest absolute Gasteiger partial charge is 0.370 e. The molecule has 0 aliphatic heterocycles. The Labute approximate surface area is 94.4 Å². The number of rotatable bonds is 5. The zero-order valence-corrected chi connectivity index (χ0v) is 9.40. The van der Waals surface area contributed by atoms with Crippen LogP contribution in [0.3, 0.4) is 0 Å². The van der Waals surface area contributed by atoms with Gasteiger partial charge in [-0.2, -0.15) is 10.2 Å². The third-order valence-corrected chi connectivity index (χ3v) is 3.11. The van der Waals surface area contributed by atoms with Gasteiger partial charge in [-0.3, -0.25) is 0 Å². The molecule has 1 saturated carbocycles. The molecule has 0 spiro atoms. The van der Waals surface area contributed by atoms with Gasteiger partial charge >= 0.3 is 0 Å². The first-order chi connectivity index (χ1) is 7.80. The molecule has 1 aromatic heterocycles. The Morgan fingerprint density at radius 1 is 1.56 bits per heavy atom. The van der Waals surface area contributed by atoms with Gasteiger partial charge in [0.15, 0.2) is 0 Å². The summed E-state index contributed by atoms with van der Waals surface area (Å²) >= 11 is 0. The lowest BCUT2D eigenvalue weighted by atomic mass is 9.79. The number of nitrogens with zero attached hydrogens (tertiary/aromatic N) is 3. The monoisotopic (exact) mass is 221 g/mol. The molecule has 0 bridgehead atoms. The highest BCUT2D eigenvalue weighted by Crippen LogP contribution is 2.42. The average Bonchev–Trinajstić information content (AvgIpc) is 2.67. The van der Waals surface area contributed by atoms with Crippen molar-refractivity contribution in [2.45, 2.75) is 44.1 Å². The Morgan fingerprint density at radius 3 is 2.94 bits per heavy atom. The molecule has 16 heavy (non-hydrogen) atoms. The van der Waals surface area contributed by atoms with Crippen LogP contribution in [0.2, 0.25) is 0 Å². The predicted octanol–water partition coefficient (Wildman–Crippen LogP) is 1.94. The van der Waals surface area contributed by atoms with Crippen molar-refractivity contribution in [3.05, 3.63) is 11.7 Å². The number of aryl methyl sites for hydroxylation is 1. The minimum atomic E-state index is -0.309. The zero-order chi connectivity index (χ0) is 11.4. The van der Waals surface area contributed by atoms with Crippen LogP contribution in [-0.2, 0) is 16.8 Å². The van der Waals surface area contributed by atoms with E-state index < -0.39 is 0 Å². The lowest BCUT2D eigenvalue weighted by Crippen LogP contribution is -2.37. The van der Waals surface area contributed by atoms with E-state index >= 15 is 0 Å². The van der Waals surface area contributed by atoms with Crippen LogP contribution in [0.25, 0.3) is 0 Å². The van der Waals surface area contributed by atoms with E-state index in [0.717, 1.165) is 25.7 Å². The molecule has 5 heteroatoms. The summed E-state index contributed by atoms with van der Waals surface area (Å²) in [5, 5.41) is 12.4. The highest BCUT2D eigenvalue weighted by atomic mass is 16.5. The van der Waals surface area contributed by atoms with Gasteiger partial charge in [0.25, 0.3) is 0 Å². The molecule has 0 saturated heterocycles. The SMILES string of the molecule is COC1(c2noc(CCCC#N)n2)CCC1. The summed E-state index contributed by atoms with van der Waals surface area (Å²) in [5.41, 5.74) is -0.309. The van der Waals surface area contributed by atoms with Crippen LogP contribution in [0.15, 0.2) is 4.52 Å². The van der Waals surface area contributed by atoms with Gasteiger partial charge in [-0.25, -0.2) is 0 Å². The Bertz CT molecular complexity index is 385. The summed E-state index contributed by atoms with van der Waals surface area (Å²) in [6.07, 6.45) is 5.01. The van der Waals surface area contributed by atoms with Crippen LogP contribution in [0.5, 0.6) is 0 Å². The summed E-state index contributed by atoms with van der Waals surface area (Å²) in [6, 6.07) is 2.09. The fourth-order valence-electron chi connectivity index (χ4n) is 1.88. The van der Waals surface area contributed by atoms with Crippen molar-refractivity contribution < 1.29 is 9.26 Å². The molecule has 1 heterocycles.